The van der Waals surface area contributed by atoms with Crippen molar-refractivity contribution in [1.29, 1.82) is 0 Å². The average Bonchev–Trinajstić information content (AvgIpc) is 2.27. The van der Waals surface area contributed by atoms with Crippen LogP contribution >= 0.6 is 22.6 Å². The normalized spacial score (nSPS) is 10.4. The van der Waals surface area contributed by atoms with Gasteiger partial charge in [-0.15, -0.1) is 0 Å². The van der Waals surface area contributed by atoms with E-state index >= 15 is 0 Å². The summed E-state index contributed by atoms with van der Waals surface area (Å²) in [5, 5.41) is 0. The Kier molecular flexibility index (Phi) is 4.70. The molecule has 0 aliphatic rings. The Morgan fingerprint density at radius 3 is 1.81 bits per heavy atom. The van der Waals surface area contributed by atoms with Gasteiger partial charge in [-0.2, -0.15) is 0 Å². The molecular formula is C12H17IO3. The van der Waals surface area contributed by atoms with Crippen LogP contribution in [0.15, 0.2) is 6.07 Å². The zero-order valence-electron chi connectivity index (χ0n) is 10.3. The van der Waals surface area contributed by atoms with Crippen LogP contribution in [-0.4, -0.2) is 21.3 Å². The van der Waals surface area contributed by atoms with Crippen molar-refractivity contribution in [3.05, 3.63) is 15.2 Å². The topological polar surface area (TPSA) is 27.7 Å². The fourth-order valence-corrected chi connectivity index (χ4v) is 2.43. The Morgan fingerprint density at radius 2 is 1.44 bits per heavy atom. The Bertz CT molecular complexity index is 375. The largest absolute Gasteiger partial charge is 0.492 e. The maximum atomic E-state index is 5.42. The molecular weight excluding hydrogens is 319 g/mol. The summed E-state index contributed by atoms with van der Waals surface area (Å²) in [4.78, 5) is 0. The van der Waals surface area contributed by atoms with Crippen LogP contribution in [0.1, 0.15) is 25.3 Å². The van der Waals surface area contributed by atoms with E-state index in [4.69, 9.17) is 14.2 Å². The van der Waals surface area contributed by atoms with Gasteiger partial charge in [0.25, 0.3) is 0 Å². The van der Waals surface area contributed by atoms with E-state index in [1.807, 2.05) is 0 Å². The van der Waals surface area contributed by atoms with Crippen LogP contribution in [0.3, 0.4) is 0 Å². The third-order valence-corrected chi connectivity index (χ3v) is 3.21. The van der Waals surface area contributed by atoms with E-state index in [9.17, 15) is 0 Å². The van der Waals surface area contributed by atoms with Gasteiger partial charge in [0.05, 0.1) is 24.9 Å². The van der Waals surface area contributed by atoms with Crippen molar-refractivity contribution in [3.63, 3.8) is 0 Å². The molecule has 0 unspecified atom stereocenters. The summed E-state index contributed by atoms with van der Waals surface area (Å²) in [7, 11) is 4.91. The summed E-state index contributed by atoms with van der Waals surface area (Å²) in [6, 6.07) is 2.07. The lowest BCUT2D eigenvalue weighted by Gasteiger charge is -2.19. The molecule has 1 rings (SSSR count). The van der Waals surface area contributed by atoms with Crippen molar-refractivity contribution < 1.29 is 14.2 Å². The number of hydrogen-bond acceptors (Lipinski definition) is 3. The Hall–Kier alpha value is -0.650. The summed E-state index contributed by atoms with van der Waals surface area (Å²) >= 11 is 2.24. The Labute approximate surface area is 110 Å². The van der Waals surface area contributed by atoms with Gasteiger partial charge in [-0.05, 0) is 34.6 Å². The summed E-state index contributed by atoms with van der Waals surface area (Å²) < 4.78 is 17.2. The second-order valence-electron chi connectivity index (χ2n) is 3.70. The molecule has 0 aromatic heterocycles. The van der Waals surface area contributed by atoms with Crippen LogP contribution in [0.5, 0.6) is 17.2 Å². The molecule has 1 aromatic carbocycles. The van der Waals surface area contributed by atoms with E-state index in [0.717, 1.165) is 20.6 Å². The quantitative estimate of drug-likeness (QED) is 0.789. The third kappa shape index (κ3) is 2.36. The van der Waals surface area contributed by atoms with Gasteiger partial charge in [-0.25, -0.2) is 0 Å². The van der Waals surface area contributed by atoms with Gasteiger partial charge in [-0.1, -0.05) is 13.8 Å². The summed E-state index contributed by atoms with van der Waals surface area (Å²) in [5.74, 6) is 2.53. The van der Waals surface area contributed by atoms with Gasteiger partial charge in [0.2, 0.25) is 5.75 Å². The van der Waals surface area contributed by atoms with Gasteiger partial charge in [-0.3, -0.25) is 0 Å². The highest BCUT2D eigenvalue weighted by Crippen LogP contribution is 2.45. The fourth-order valence-electron chi connectivity index (χ4n) is 1.63. The molecule has 0 spiro atoms. The molecule has 0 radical (unpaired) electrons. The van der Waals surface area contributed by atoms with E-state index in [2.05, 4.69) is 42.5 Å². The molecule has 0 fully saturated rings. The number of halogens is 1. The van der Waals surface area contributed by atoms with Crippen molar-refractivity contribution in [1.82, 2.24) is 0 Å². The molecule has 1 aromatic rings. The first-order valence-corrected chi connectivity index (χ1v) is 6.13. The highest BCUT2D eigenvalue weighted by atomic mass is 127. The molecule has 0 atom stereocenters. The first-order chi connectivity index (χ1) is 7.56. The van der Waals surface area contributed by atoms with Crippen LogP contribution in [0.25, 0.3) is 0 Å². The second kappa shape index (κ2) is 5.61. The van der Waals surface area contributed by atoms with Crippen molar-refractivity contribution >= 4 is 22.6 Å². The minimum Gasteiger partial charge on any atom is -0.492 e. The summed E-state index contributed by atoms with van der Waals surface area (Å²) in [5.41, 5.74) is 1.13. The highest BCUT2D eigenvalue weighted by molar-refractivity contribution is 14.1. The van der Waals surface area contributed by atoms with Crippen LogP contribution in [-0.2, 0) is 0 Å². The van der Waals surface area contributed by atoms with Gasteiger partial charge < -0.3 is 14.2 Å². The van der Waals surface area contributed by atoms with Crippen molar-refractivity contribution in [2.24, 2.45) is 0 Å². The zero-order chi connectivity index (χ0) is 12.3. The fraction of sp³-hybridized carbons (Fsp3) is 0.500. The monoisotopic (exact) mass is 336 g/mol. The predicted octanol–water partition coefficient (Wildman–Crippen LogP) is 3.44. The van der Waals surface area contributed by atoms with E-state index in [1.165, 1.54) is 0 Å². The number of methoxy groups -OCH3 is 3. The van der Waals surface area contributed by atoms with E-state index in [-0.39, 0.29) is 0 Å². The lowest BCUT2D eigenvalue weighted by Crippen LogP contribution is -2.02. The zero-order valence-corrected chi connectivity index (χ0v) is 12.4. The maximum Gasteiger partial charge on any atom is 0.204 e. The standard InChI is InChI=1S/C12H17IO3/c1-7(2)8-6-9(13)11(15-4)12(16-5)10(8)14-3/h6-7H,1-5H3. The number of benzene rings is 1. The molecule has 90 valence electrons. The molecule has 16 heavy (non-hydrogen) atoms. The van der Waals surface area contributed by atoms with Gasteiger partial charge in [0.1, 0.15) is 0 Å². The van der Waals surface area contributed by atoms with Gasteiger partial charge in [0, 0.05) is 5.56 Å². The molecule has 0 amide bonds. The Balaban J connectivity index is 3.50. The van der Waals surface area contributed by atoms with Crippen molar-refractivity contribution in [2.45, 2.75) is 19.8 Å². The molecule has 3 nitrogen and oxygen atoms in total. The molecule has 4 heteroatoms. The Morgan fingerprint density at radius 1 is 0.938 bits per heavy atom. The first-order valence-electron chi connectivity index (χ1n) is 5.05. The number of rotatable bonds is 4. The SMILES string of the molecule is COc1c(I)cc(C(C)C)c(OC)c1OC. The van der Waals surface area contributed by atoms with Gasteiger partial charge in [0.15, 0.2) is 11.5 Å². The number of hydrogen-bond donors (Lipinski definition) is 0. The van der Waals surface area contributed by atoms with E-state index in [0.29, 0.717) is 11.7 Å². The molecule has 0 aliphatic carbocycles. The van der Waals surface area contributed by atoms with Crippen LogP contribution in [0.2, 0.25) is 0 Å². The van der Waals surface area contributed by atoms with E-state index in [1.54, 1.807) is 21.3 Å². The minimum atomic E-state index is 0.378. The smallest absolute Gasteiger partial charge is 0.204 e. The van der Waals surface area contributed by atoms with Crippen molar-refractivity contribution in [2.75, 3.05) is 21.3 Å². The maximum absolute atomic E-state index is 5.42. The molecule has 0 saturated carbocycles. The molecule has 0 saturated heterocycles. The summed E-state index contributed by atoms with van der Waals surface area (Å²) in [6.45, 7) is 4.25. The average molecular weight is 336 g/mol. The molecule has 0 aliphatic heterocycles. The van der Waals surface area contributed by atoms with E-state index < -0.39 is 0 Å². The van der Waals surface area contributed by atoms with Crippen LogP contribution in [0.4, 0.5) is 0 Å². The molecule has 0 heterocycles. The second-order valence-corrected chi connectivity index (χ2v) is 4.86. The predicted molar refractivity (Wildman–Crippen MR) is 72.9 cm³/mol. The lowest BCUT2D eigenvalue weighted by atomic mass is 10.0. The lowest BCUT2D eigenvalue weighted by molar-refractivity contribution is 0.320. The third-order valence-electron chi connectivity index (χ3n) is 2.41. The van der Waals surface area contributed by atoms with Crippen LogP contribution < -0.4 is 14.2 Å². The first kappa shape index (κ1) is 13.4. The number of ether oxygens (including phenoxy) is 3. The van der Waals surface area contributed by atoms with Gasteiger partial charge >= 0.3 is 0 Å². The molecule has 0 N–H and O–H groups in total. The minimum absolute atomic E-state index is 0.378. The molecule has 0 bridgehead atoms. The van der Waals surface area contributed by atoms with Crippen molar-refractivity contribution in [3.8, 4) is 17.2 Å². The van der Waals surface area contributed by atoms with Crippen LogP contribution in [0, 0.1) is 3.57 Å². The highest BCUT2D eigenvalue weighted by Gasteiger charge is 2.20. The summed E-state index contributed by atoms with van der Waals surface area (Å²) in [6.07, 6.45) is 0.